The molecule has 7 heteroatoms. The smallest absolute Gasteiger partial charge is 0.326 e. The Labute approximate surface area is 140 Å². The van der Waals surface area contributed by atoms with Crippen LogP contribution < -0.4 is 4.90 Å². The molecule has 1 N–H and O–H groups in total. The van der Waals surface area contributed by atoms with Gasteiger partial charge in [0.15, 0.2) is 5.82 Å². The minimum atomic E-state index is -0.815. The van der Waals surface area contributed by atoms with Crippen molar-refractivity contribution in [3.05, 3.63) is 36.3 Å². The molecule has 1 aliphatic heterocycles. The largest absolute Gasteiger partial charge is 0.480 e. The molecular formula is C17H20N4O3. The number of pyridine rings is 1. The van der Waals surface area contributed by atoms with E-state index in [0.717, 1.165) is 24.1 Å². The molecule has 0 spiro atoms. The predicted molar refractivity (Wildman–Crippen MR) is 88.6 cm³/mol. The molecule has 1 aliphatic rings. The summed E-state index contributed by atoms with van der Waals surface area (Å²) in [6.07, 6.45) is 5.88. The summed E-state index contributed by atoms with van der Waals surface area (Å²) in [4.78, 5) is 26.6. The van der Waals surface area contributed by atoms with Crippen molar-refractivity contribution >= 4 is 11.8 Å². The third-order valence-corrected chi connectivity index (χ3v) is 4.06. The number of rotatable bonds is 5. The average molecular weight is 328 g/mol. The normalized spacial score (nSPS) is 17.7. The highest BCUT2D eigenvalue weighted by atomic mass is 16.5. The lowest BCUT2D eigenvalue weighted by molar-refractivity contribution is -0.139. The van der Waals surface area contributed by atoms with E-state index < -0.39 is 12.0 Å². The summed E-state index contributed by atoms with van der Waals surface area (Å²) in [5.74, 6) is 0.342. The third kappa shape index (κ3) is 3.51. The van der Waals surface area contributed by atoms with Gasteiger partial charge in [-0.15, -0.1) is 0 Å². The Morgan fingerprint density at radius 2 is 2.29 bits per heavy atom. The first kappa shape index (κ1) is 16.3. The van der Waals surface area contributed by atoms with Crippen molar-refractivity contribution in [2.45, 2.75) is 31.9 Å². The third-order valence-electron chi connectivity index (χ3n) is 4.06. The van der Waals surface area contributed by atoms with E-state index in [2.05, 4.69) is 15.0 Å². The highest BCUT2D eigenvalue weighted by Gasteiger charge is 2.30. The number of carboxylic acids is 1. The lowest BCUT2D eigenvalue weighted by atomic mass is 10.0. The number of piperidine rings is 1. The first-order valence-electron chi connectivity index (χ1n) is 7.96. The molecule has 0 aromatic carbocycles. The summed E-state index contributed by atoms with van der Waals surface area (Å²) in [6, 6.07) is 4.96. The van der Waals surface area contributed by atoms with Gasteiger partial charge in [-0.05, 0) is 31.4 Å². The number of carbonyl (C=O) groups is 1. The molecule has 126 valence electrons. The van der Waals surface area contributed by atoms with Gasteiger partial charge in [0.05, 0.1) is 12.3 Å². The quantitative estimate of drug-likeness (QED) is 0.899. The van der Waals surface area contributed by atoms with Gasteiger partial charge in [0.1, 0.15) is 11.9 Å². The molecule has 0 saturated carbocycles. The number of ether oxygens (including phenoxy) is 1. The molecule has 3 rings (SSSR count). The highest BCUT2D eigenvalue weighted by molar-refractivity contribution is 5.78. The van der Waals surface area contributed by atoms with Crippen LogP contribution in [0.25, 0.3) is 11.4 Å². The van der Waals surface area contributed by atoms with Gasteiger partial charge < -0.3 is 14.7 Å². The first-order valence-corrected chi connectivity index (χ1v) is 7.96. The second-order valence-corrected chi connectivity index (χ2v) is 5.76. The van der Waals surface area contributed by atoms with Crippen LogP contribution in [0.3, 0.4) is 0 Å². The van der Waals surface area contributed by atoms with Crippen LogP contribution in [-0.4, -0.2) is 45.7 Å². The molecule has 1 atom stereocenters. The molecule has 1 saturated heterocycles. The zero-order chi connectivity index (χ0) is 16.9. The summed E-state index contributed by atoms with van der Waals surface area (Å²) in [5, 5.41) is 9.51. The number of aliphatic carboxylic acids is 1. The van der Waals surface area contributed by atoms with Crippen LogP contribution >= 0.6 is 0 Å². The fourth-order valence-corrected chi connectivity index (χ4v) is 2.94. The van der Waals surface area contributed by atoms with Crippen molar-refractivity contribution in [3.8, 4) is 11.4 Å². The molecule has 7 nitrogen and oxygen atoms in total. The molecule has 0 aliphatic carbocycles. The summed E-state index contributed by atoms with van der Waals surface area (Å²) >= 11 is 0. The van der Waals surface area contributed by atoms with Crippen molar-refractivity contribution in [1.29, 1.82) is 0 Å². The summed E-state index contributed by atoms with van der Waals surface area (Å²) in [7, 11) is 1.60. The first-order chi connectivity index (χ1) is 11.7. The van der Waals surface area contributed by atoms with Crippen molar-refractivity contribution in [2.24, 2.45) is 0 Å². The molecule has 2 aromatic rings. The number of carboxylic acid groups (broad SMARTS) is 1. The van der Waals surface area contributed by atoms with E-state index in [-0.39, 0.29) is 0 Å². The van der Waals surface area contributed by atoms with Gasteiger partial charge in [-0.2, -0.15) is 0 Å². The van der Waals surface area contributed by atoms with Gasteiger partial charge in [0.2, 0.25) is 0 Å². The standard InChI is InChI=1S/C17H20N4O3/c1-24-11-13-9-15(21-8-3-2-6-14(21)17(22)23)20-16(19-13)12-5-4-7-18-10-12/h4-5,7,9-10,14H,2-3,6,8,11H2,1H3,(H,22,23). The monoisotopic (exact) mass is 328 g/mol. The van der Waals surface area contributed by atoms with Gasteiger partial charge in [-0.1, -0.05) is 0 Å². The van der Waals surface area contributed by atoms with Crippen LogP contribution in [0, 0.1) is 0 Å². The molecule has 2 aromatic heterocycles. The maximum absolute atomic E-state index is 11.6. The molecule has 0 amide bonds. The summed E-state index contributed by atoms with van der Waals surface area (Å²) in [5.41, 5.74) is 1.51. The van der Waals surface area contributed by atoms with Crippen molar-refractivity contribution in [1.82, 2.24) is 15.0 Å². The van der Waals surface area contributed by atoms with Gasteiger partial charge >= 0.3 is 5.97 Å². The van der Waals surface area contributed by atoms with E-state index >= 15 is 0 Å². The SMILES string of the molecule is COCc1cc(N2CCCCC2C(=O)O)nc(-c2cccnc2)n1. The van der Waals surface area contributed by atoms with E-state index in [1.165, 1.54) is 0 Å². The second kappa shape index (κ2) is 7.35. The van der Waals surface area contributed by atoms with Crippen molar-refractivity contribution < 1.29 is 14.6 Å². The van der Waals surface area contributed by atoms with Gasteiger partial charge in [-0.3, -0.25) is 4.98 Å². The van der Waals surface area contributed by atoms with Gasteiger partial charge in [0.25, 0.3) is 0 Å². The van der Waals surface area contributed by atoms with Crippen molar-refractivity contribution in [2.75, 3.05) is 18.6 Å². The Hall–Kier alpha value is -2.54. The number of nitrogens with zero attached hydrogens (tertiary/aromatic N) is 4. The zero-order valence-electron chi connectivity index (χ0n) is 13.6. The fourth-order valence-electron chi connectivity index (χ4n) is 2.94. The Morgan fingerprint density at radius 3 is 3.00 bits per heavy atom. The van der Waals surface area contributed by atoms with Crippen LogP contribution in [0.4, 0.5) is 5.82 Å². The van der Waals surface area contributed by atoms with E-state index in [1.807, 2.05) is 23.1 Å². The van der Waals surface area contributed by atoms with Crippen LogP contribution in [0.15, 0.2) is 30.6 Å². The highest BCUT2D eigenvalue weighted by Crippen LogP contribution is 2.26. The van der Waals surface area contributed by atoms with Crippen LogP contribution in [0.1, 0.15) is 25.0 Å². The number of methoxy groups -OCH3 is 1. The topological polar surface area (TPSA) is 88.4 Å². The lowest BCUT2D eigenvalue weighted by Gasteiger charge is -2.34. The number of hydrogen-bond donors (Lipinski definition) is 1. The molecule has 1 unspecified atom stereocenters. The van der Waals surface area contributed by atoms with E-state index in [9.17, 15) is 9.90 Å². The minimum absolute atomic E-state index is 0.342. The van der Waals surface area contributed by atoms with Crippen molar-refractivity contribution in [3.63, 3.8) is 0 Å². The maximum Gasteiger partial charge on any atom is 0.326 e. The minimum Gasteiger partial charge on any atom is -0.480 e. The maximum atomic E-state index is 11.6. The Bertz CT molecular complexity index is 708. The Kier molecular flexibility index (Phi) is 5.00. The second-order valence-electron chi connectivity index (χ2n) is 5.76. The molecule has 0 bridgehead atoms. The number of aromatic nitrogens is 3. The number of anilines is 1. The van der Waals surface area contributed by atoms with Crippen LogP contribution in [0.2, 0.25) is 0 Å². The zero-order valence-corrected chi connectivity index (χ0v) is 13.6. The molecular weight excluding hydrogens is 308 g/mol. The summed E-state index contributed by atoms with van der Waals surface area (Å²) in [6.45, 7) is 1.02. The fraction of sp³-hybridized carbons (Fsp3) is 0.412. The van der Waals surface area contributed by atoms with Crippen LogP contribution in [0.5, 0.6) is 0 Å². The molecule has 1 fully saturated rings. The van der Waals surface area contributed by atoms with E-state index in [0.29, 0.717) is 31.2 Å². The van der Waals surface area contributed by atoms with E-state index in [1.54, 1.807) is 19.5 Å². The number of hydrogen-bond acceptors (Lipinski definition) is 6. The average Bonchev–Trinajstić information content (AvgIpc) is 2.62. The summed E-state index contributed by atoms with van der Waals surface area (Å²) < 4.78 is 5.19. The Balaban J connectivity index is 2.03. The molecule has 3 heterocycles. The predicted octanol–water partition coefficient (Wildman–Crippen LogP) is 2.13. The van der Waals surface area contributed by atoms with Crippen LogP contribution in [-0.2, 0) is 16.1 Å². The van der Waals surface area contributed by atoms with E-state index in [4.69, 9.17) is 4.74 Å². The molecule has 0 radical (unpaired) electrons. The Morgan fingerprint density at radius 1 is 1.42 bits per heavy atom. The lowest BCUT2D eigenvalue weighted by Crippen LogP contribution is -2.45. The molecule has 24 heavy (non-hydrogen) atoms. The van der Waals surface area contributed by atoms with Gasteiger partial charge in [-0.25, -0.2) is 14.8 Å². The van der Waals surface area contributed by atoms with Gasteiger partial charge in [0, 0.05) is 37.7 Å².